The molecule has 0 saturated heterocycles. The molecule has 0 aliphatic rings. The van der Waals surface area contributed by atoms with Crippen LogP contribution in [-0.2, 0) is 0 Å². The lowest BCUT2D eigenvalue weighted by Crippen LogP contribution is -2.28. The van der Waals surface area contributed by atoms with Crippen molar-refractivity contribution in [3.05, 3.63) is 10.1 Å². The Kier molecular flexibility index (Phi) is 3.99. The van der Waals surface area contributed by atoms with Crippen LogP contribution in [0, 0.1) is 16.0 Å². The number of rotatable bonds is 4. The van der Waals surface area contributed by atoms with Crippen LogP contribution in [0.2, 0.25) is 0 Å². The Hall–Kier alpha value is -0.680. The van der Waals surface area contributed by atoms with Gasteiger partial charge in [0.15, 0.2) is 0 Å². The lowest BCUT2D eigenvalue weighted by molar-refractivity contribution is -0.580. The largest absolute Gasteiger partial charge is 0.393 e. The Bertz CT molecular complexity index is 137. The molecule has 0 amide bonds. The van der Waals surface area contributed by atoms with Crippen LogP contribution in [0.3, 0.4) is 0 Å². The predicted octanol–water partition coefficient (Wildman–Crippen LogP) is -0.0115. The first-order chi connectivity index (χ1) is 4.95. The fraction of sp³-hybridized carbons (Fsp3) is 1.00. The van der Waals surface area contributed by atoms with Gasteiger partial charge in [-0.05, 0) is 13.3 Å². The van der Waals surface area contributed by atoms with Crippen LogP contribution in [0.15, 0.2) is 0 Å². The Morgan fingerprint density at radius 2 is 1.91 bits per heavy atom. The fourth-order valence-electron chi connectivity index (χ4n) is 0.868. The topological polar surface area (TPSA) is 83.6 Å². The van der Waals surface area contributed by atoms with Crippen molar-refractivity contribution in [2.75, 3.05) is 0 Å². The van der Waals surface area contributed by atoms with Crippen molar-refractivity contribution in [2.45, 2.75) is 32.6 Å². The van der Waals surface area contributed by atoms with E-state index in [2.05, 4.69) is 0 Å². The van der Waals surface area contributed by atoms with Crippen LogP contribution < -0.4 is 0 Å². The SMILES string of the molecule is CC(O)CC(C)C(O)[N+](=O)[O-]. The molecule has 0 bridgehead atoms. The summed E-state index contributed by atoms with van der Waals surface area (Å²) in [5, 5.41) is 27.6. The third-order valence-electron chi connectivity index (χ3n) is 1.44. The van der Waals surface area contributed by atoms with Gasteiger partial charge in [0.05, 0.1) is 16.9 Å². The molecule has 0 saturated carbocycles. The summed E-state index contributed by atoms with van der Waals surface area (Å²) in [6.07, 6.45) is -1.94. The van der Waals surface area contributed by atoms with Gasteiger partial charge >= 0.3 is 6.23 Å². The maximum Gasteiger partial charge on any atom is 0.315 e. The molecule has 5 nitrogen and oxygen atoms in total. The molecular formula is C6H13NO4. The minimum Gasteiger partial charge on any atom is -0.393 e. The van der Waals surface area contributed by atoms with Crippen LogP contribution in [0.5, 0.6) is 0 Å². The molecule has 0 fully saturated rings. The lowest BCUT2D eigenvalue weighted by atomic mass is 10.0. The van der Waals surface area contributed by atoms with Crippen molar-refractivity contribution in [1.82, 2.24) is 0 Å². The first-order valence-electron chi connectivity index (χ1n) is 3.44. The van der Waals surface area contributed by atoms with Gasteiger partial charge in [-0.3, -0.25) is 10.1 Å². The molecule has 0 aliphatic carbocycles. The predicted molar refractivity (Wildman–Crippen MR) is 38.5 cm³/mol. The summed E-state index contributed by atoms with van der Waals surface area (Å²) in [7, 11) is 0. The molecule has 0 aromatic heterocycles. The summed E-state index contributed by atoms with van der Waals surface area (Å²) in [5.74, 6) is -0.509. The molecule has 0 rings (SSSR count). The summed E-state index contributed by atoms with van der Waals surface area (Å²) >= 11 is 0. The van der Waals surface area contributed by atoms with Gasteiger partial charge in [0.2, 0.25) is 0 Å². The van der Waals surface area contributed by atoms with E-state index in [1.54, 1.807) is 0 Å². The van der Waals surface area contributed by atoms with E-state index in [1.807, 2.05) is 0 Å². The highest BCUT2D eigenvalue weighted by molar-refractivity contribution is 4.58. The van der Waals surface area contributed by atoms with Gasteiger partial charge in [0.25, 0.3) is 0 Å². The van der Waals surface area contributed by atoms with Gasteiger partial charge in [0.1, 0.15) is 0 Å². The van der Waals surface area contributed by atoms with Crippen molar-refractivity contribution in [3.8, 4) is 0 Å². The number of nitrogens with zero attached hydrogens (tertiary/aromatic N) is 1. The number of hydrogen-bond donors (Lipinski definition) is 2. The second-order valence-corrected chi connectivity index (χ2v) is 2.76. The third kappa shape index (κ3) is 3.90. The molecule has 0 aromatic carbocycles. The van der Waals surface area contributed by atoms with Gasteiger partial charge in [-0.2, -0.15) is 0 Å². The molecule has 11 heavy (non-hydrogen) atoms. The molecule has 0 aromatic rings. The Labute approximate surface area is 64.8 Å². The second-order valence-electron chi connectivity index (χ2n) is 2.76. The van der Waals surface area contributed by atoms with Gasteiger partial charge in [-0.25, -0.2) is 0 Å². The zero-order valence-corrected chi connectivity index (χ0v) is 6.60. The highest BCUT2D eigenvalue weighted by atomic mass is 16.7. The maximum atomic E-state index is 10.00. The molecule has 0 aliphatic heterocycles. The second kappa shape index (κ2) is 4.25. The van der Waals surface area contributed by atoms with E-state index >= 15 is 0 Å². The highest BCUT2D eigenvalue weighted by Gasteiger charge is 2.25. The summed E-state index contributed by atoms with van der Waals surface area (Å²) in [4.78, 5) is 9.24. The molecule has 3 unspecified atom stereocenters. The molecule has 0 heterocycles. The van der Waals surface area contributed by atoms with Gasteiger partial charge in [-0.1, -0.05) is 6.92 Å². The van der Waals surface area contributed by atoms with E-state index in [-0.39, 0.29) is 6.42 Å². The molecular weight excluding hydrogens is 150 g/mol. The van der Waals surface area contributed by atoms with Crippen molar-refractivity contribution in [3.63, 3.8) is 0 Å². The van der Waals surface area contributed by atoms with E-state index in [0.717, 1.165) is 0 Å². The molecule has 0 radical (unpaired) electrons. The van der Waals surface area contributed by atoms with E-state index in [9.17, 15) is 10.1 Å². The van der Waals surface area contributed by atoms with E-state index in [0.29, 0.717) is 0 Å². The number of aliphatic hydroxyl groups excluding tert-OH is 2. The molecule has 5 heteroatoms. The zero-order chi connectivity index (χ0) is 9.02. The smallest absolute Gasteiger partial charge is 0.315 e. The van der Waals surface area contributed by atoms with Crippen LogP contribution >= 0.6 is 0 Å². The van der Waals surface area contributed by atoms with Crippen molar-refractivity contribution in [1.29, 1.82) is 0 Å². The molecule has 3 atom stereocenters. The van der Waals surface area contributed by atoms with Crippen molar-refractivity contribution < 1.29 is 15.1 Å². The average molecular weight is 163 g/mol. The fourth-order valence-corrected chi connectivity index (χ4v) is 0.868. The Morgan fingerprint density at radius 3 is 2.18 bits per heavy atom. The van der Waals surface area contributed by atoms with Crippen LogP contribution in [-0.4, -0.2) is 27.5 Å². The van der Waals surface area contributed by atoms with Gasteiger partial charge in [-0.15, -0.1) is 0 Å². The Balaban J connectivity index is 3.82. The Morgan fingerprint density at radius 1 is 1.45 bits per heavy atom. The molecule has 2 N–H and O–H groups in total. The minimum absolute atomic E-state index is 0.238. The summed E-state index contributed by atoms with van der Waals surface area (Å²) in [6.45, 7) is 3.06. The zero-order valence-electron chi connectivity index (χ0n) is 6.60. The summed E-state index contributed by atoms with van der Waals surface area (Å²) < 4.78 is 0. The first kappa shape index (κ1) is 10.3. The number of aliphatic hydroxyl groups is 2. The normalized spacial score (nSPS) is 18.9. The van der Waals surface area contributed by atoms with Gasteiger partial charge in [0, 0.05) is 0 Å². The number of hydrogen-bond acceptors (Lipinski definition) is 4. The van der Waals surface area contributed by atoms with Crippen molar-refractivity contribution >= 4 is 0 Å². The third-order valence-corrected chi connectivity index (χ3v) is 1.44. The van der Waals surface area contributed by atoms with Gasteiger partial charge < -0.3 is 10.2 Å². The number of nitro groups is 1. The minimum atomic E-state index is -1.57. The van der Waals surface area contributed by atoms with Crippen LogP contribution in [0.1, 0.15) is 20.3 Å². The quantitative estimate of drug-likeness (QED) is 0.347. The van der Waals surface area contributed by atoms with Crippen LogP contribution in [0.4, 0.5) is 0 Å². The maximum absolute atomic E-state index is 10.00. The average Bonchev–Trinajstić information content (AvgIpc) is 1.84. The first-order valence-corrected chi connectivity index (χ1v) is 3.44. The summed E-state index contributed by atoms with van der Waals surface area (Å²) in [5.41, 5.74) is 0. The molecule has 66 valence electrons. The highest BCUT2D eigenvalue weighted by Crippen LogP contribution is 2.10. The summed E-state index contributed by atoms with van der Waals surface area (Å²) in [6, 6.07) is 0. The van der Waals surface area contributed by atoms with Crippen molar-refractivity contribution in [2.24, 2.45) is 5.92 Å². The van der Waals surface area contributed by atoms with Crippen LogP contribution in [0.25, 0.3) is 0 Å². The van der Waals surface area contributed by atoms with E-state index < -0.39 is 23.2 Å². The van der Waals surface area contributed by atoms with E-state index in [1.165, 1.54) is 13.8 Å². The standard InChI is InChI=1S/C6H13NO4/c1-4(3-5(2)8)6(9)7(10)11/h4-6,8-9H,3H2,1-2H3. The lowest BCUT2D eigenvalue weighted by Gasteiger charge is -2.12. The van der Waals surface area contributed by atoms with E-state index in [4.69, 9.17) is 10.2 Å². The molecule has 0 spiro atoms. The monoisotopic (exact) mass is 163 g/mol.